The molecule has 0 saturated carbocycles. The van der Waals surface area contributed by atoms with Crippen molar-refractivity contribution in [2.45, 2.75) is 213 Å². The molecule has 6 nitrogen and oxygen atoms in total. The number of unbranched alkanes of at least 4 members (excludes halogenated alkanes) is 23. The molecular weight excluding hydrogens is 560 g/mol. The second kappa shape index (κ2) is 28.8. The first kappa shape index (κ1) is 42.3. The minimum atomic E-state index is -4.82. The number of hydrogen-bond donors (Lipinski definition) is 1. The van der Waals surface area contributed by atoms with Gasteiger partial charge in [-0.25, -0.2) is 8.98 Å². The van der Waals surface area contributed by atoms with Crippen molar-refractivity contribution in [2.24, 2.45) is 5.92 Å². The van der Waals surface area contributed by atoms with Gasteiger partial charge in [0.05, 0.1) is 6.61 Å². The predicted molar refractivity (Wildman–Crippen MR) is 182 cm³/mol. The number of ether oxygens (including phenoxy) is 1. The minimum absolute atomic E-state index is 0.239. The van der Waals surface area contributed by atoms with Gasteiger partial charge < -0.3 is 4.74 Å². The number of esters is 1. The number of carbonyl (C=O) groups excluding carboxylic acids is 1. The van der Waals surface area contributed by atoms with E-state index in [0.717, 1.165) is 57.8 Å². The molecule has 2 atom stereocenters. The van der Waals surface area contributed by atoms with Crippen LogP contribution in [0.25, 0.3) is 0 Å². The van der Waals surface area contributed by atoms with Gasteiger partial charge in [0.15, 0.2) is 5.60 Å². The van der Waals surface area contributed by atoms with Gasteiger partial charge in [-0.15, -0.1) is 0 Å². The zero-order valence-electron chi connectivity index (χ0n) is 29.0. The lowest BCUT2D eigenvalue weighted by Crippen LogP contribution is -2.50. The van der Waals surface area contributed by atoms with E-state index in [-0.39, 0.29) is 18.9 Å². The van der Waals surface area contributed by atoms with Crippen molar-refractivity contribution >= 4 is 16.4 Å². The molecule has 0 saturated heterocycles. The molecule has 43 heavy (non-hydrogen) atoms. The summed E-state index contributed by atoms with van der Waals surface area (Å²) in [4.78, 5) is 13.5. The first-order valence-corrected chi connectivity index (χ1v) is 19.9. The highest BCUT2D eigenvalue weighted by Crippen LogP contribution is 2.35. The van der Waals surface area contributed by atoms with E-state index in [4.69, 9.17) is 8.92 Å². The quantitative estimate of drug-likeness (QED) is 0.0440. The molecule has 7 heteroatoms. The zero-order chi connectivity index (χ0) is 32.1. The second-order valence-corrected chi connectivity index (χ2v) is 14.1. The topological polar surface area (TPSA) is 89.9 Å². The zero-order valence-corrected chi connectivity index (χ0v) is 29.8. The van der Waals surface area contributed by atoms with Crippen LogP contribution in [0.4, 0.5) is 0 Å². The van der Waals surface area contributed by atoms with Gasteiger partial charge in [0.25, 0.3) is 0 Å². The normalized spacial score (nSPS) is 14.1. The summed E-state index contributed by atoms with van der Waals surface area (Å²) >= 11 is 0. The Morgan fingerprint density at radius 3 is 1.33 bits per heavy atom. The SMILES string of the molecule is CCCCCCCCCCCCCCCCOC(=O)C(CCCCCC)(OS(=O)(=O)O)C(C)CCCCCCCCCC. The van der Waals surface area contributed by atoms with E-state index in [0.29, 0.717) is 12.8 Å². The van der Waals surface area contributed by atoms with Gasteiger partial charge >= 0.3 is 16.4 Å². The maximum atomic E-state index is 13.5. The summed E-state index contributed by atoms with van der Waals surface area (Å²) in [5.41, 5.74) is -1.67. The molecule has 1 N–H and O–H groups in total. The molecule has 0 radical (unpaired) electrons. The van der Waals surface area contributed by atoms with Gasteiger partial charge in [0, 0.05) is 0 Å². The predicted octanol–water partition coefficient (Wildman–Crippen LogP) is 11.7. The van der Waals surface area contributed by atoms with Gasteiger partial charge in [-0.3, -0.25) is 4.55 Å². The summed E-state index contributed by atoms with van der Waals surface area (Å²) in [7, 11) is -4.82. The van der Waals surface area contributed by atoms with E-state index in [1.807, 2.05) is 6.92 Å². The third-order valence-corrected chi connectivity index (χ3v) is 9.53. The van der Waals surface area contributed by atoms with Crippen LogP contribution in [0.15, 0.2) is 0 Å². The van der Waals surface area contributed by atoms with Crippen molar-refractivity contribution in [2.75, 3.05) is 6.61 Å². The molecule has 0 aromatic heterocycles. The lowest BCUT2D eigenvalue weighted by atomic mass is 9.81. The lowest BCUT2D eigenvalue weighted by Gasteiger charge is -2.35. The van der Waals surface area contributed by atoms with Crippen LogP contribution < -0.4 is 0 Å². The summed E-state index contributed by atoms with van der Waals surface area (Å²) in [5.74, 6) is -1.01. The van der Waals surface area contributed by atoms with Crippen LogP contribution in [0.1, 0.15) is 207 Å². The van der Waals surface area contributed by atoms with Gasteiger partial charge in [-0.2, -0.15) is 8.42 Å². The van der Waals surface area contributed by atoms with Crippen LogP contribution in [-0.2, 0) is 24.1 Å². The largest absolute Gasteiger partial charge is 0.464 e. The van der Waals surface area contributed by atoms with E-state index >= 15 is 0 Å². The highest BCUT2D eigenvalue weighted by molar-refractivity contribution is 7.81. The van der Waals surface area contributed by atoms with Crippen LogP contribution in [0.5, 0.6) is 0 Å². The average molecular weight is 633 g/mol. The Balaban J connectivity index is 4.66. The van der Waals surface area contributed by atoms with Gasteiger partial charge in [0.2, 0.25) is 0 Å². The molecule has 0 aromatic rings. The molecule has 0 amide bonds. The second-order valence-electron chi connectivity index (χ2n) is 13.1. The Kier molecular flexibility index (Phi) is 28.3. The summed E-state index contributed by atoms with van der Waals surface area (Å²) in [6.45, 7) is 8.72. The molecule has 0 aromatic carbocycles. The van der Waals surface area contributed by atoms with Crippen molar-refractivity contribution in [1.29, 1.82) is 0 Å². The van der Waals surface area contributed by atoms with Crippen molar-refractivity contribution < 1.29 is 26.7 Å². The van der Waals surface area contributed by atoms with Crippen molar-refractivity contribution in [1.82, 2.24) is 0 Å². The Morgan fingerprint density at radius 2 is 0.930 bits per heavy atom. The molecule has 0 aliphatic carbocycles. The van der Waals surface area contributed by atoms with Gasteiger partial charge in [0.1, 0.15) is 0 Å². The Hall–Kier alpha value is -0.660. The molecule has 0 aliphatic heterocycles. The fourth-order valence-electron chi connectivity index (χ4n) is 6.11. The average Bonchev–Trinajstić information content (AvgIpc) is 2.97. The Morgan fingerprint density at radius 1 is 0.581 bits per heavy atom. The molecule has 2 unspecified atom stereocenters. The monoisotopic (exact) mass is 633 g/mol. The molecule has 0 fully saturated rings. The third-order valence-electron chi connectivity index (χ3n) is 9.02. The number of carbonyl (C=O) groups is 1. The summed E-state index contributed by atoms with van der Waals surface area (Å²) in [6, 6.07) is 0. The van der Waals surface area contributed by atoms with Crippen LogP contribution in [0.3, 0.4) is 0 Å². The lowest BCUT2D eigenvalue weighted by molar-refractivity contribution is -0.169. The molecule has 0 rings (SSSR count). The van der Waals surface area contributed by atoms with Crippen LogP contribution in [-0.4, -0.2) is 31.1 Å². The highest BCUT2D eigenvalue weighted by Gasteiger charge is 2.49. The van der Waals surface area contributed by atoms with Crippen LogP contribution in [0.2, 0.25) is 0 Å². The standard InChI is InChI=1S/C36H72O6S/c1-5-8-11-14-16-18-19-20-21-22-23-25-27-30-33-41-35(37)36(42-43(38,39)40,32-29-13-10-7-3)34(4)31-28-26-24-17-15-12-9-6-2/h34H,5-33H2,1-4H3,(H,38,39,40). The summed E-state index contributed by atoms with van der Waals surface area (Å²) in [5, 5.41) is 0. The molecular formula is C36H72O6S. The smallest absolute Gasteiger partial charge is 0.398 e. The molecule has 0 heterocycles. The fourth-order valence-corrected chi connectivity index (χ4v) is 6.80. The third kappa shape index (κ3) is 24.3. The molecule has 0 bridgehead atoms. The van der Waals surface area contributed by atoms with E-state index < -0.39 is 22.0 Å². The maximum absolute atomic E-state index is 13.5. The summed E-state index contributed by atoms with van der Waals surface area (Å²) in [6.07, 6.45) is 31.3. The molecule has 0 spiro atoms. The minimum Gasteiger partial charge on any atom is -0.464 e. The maximum Gasteiger partial charge on any atom is 0.398 e. The van der Waals surface area contributed by atoms with Gasteiger partial charge in [-0.1, -0.05) is 182 Å². The van der Waals surface area contributed by atoms with E-state index in [9.17, 15) is 17.8 Å². The van der Waals surface area contributed by atoms with E-state index in [2.05, 4.69) is 20.8 Å². The molecule has 0 aliphatic rings. The number of rotatable bonds is 33. The van der Waals surface area contributed by atoms with Gasteiger partial charge in [-0.05, 0) is 31.6 Å². The number of hydrogen-bond acceptors (Lipinski definition) is 5. The first-order valence-electron chi connectivity index (χ1n) is 18.6. The Bertz CT molecular complexity index is 725. The first-order chi connectivity index (χ1) is 20.7. The van der Waals surface area contributed by atoms with Crippen molar-refractivity contribution in [3.05, 3.63) is 0 Å². The molecule has 258 valence electrons. The summed E-state index contributed by atoms with van der Waals surface area (Å²) < 4.78 is 44.6. The van der Waals surface area contributed by atoms with Crippen molar-refractivity contribution in [3.8, 4) is 0 Å². The van der Waals surface area contributed by atoms with Crippen molar-refractivity contribution in [3.63, 3.8) is 0 Å². The van der Waals surface area contributed by atoms with Crippen LogP contribution in [0, 0.1) is 5.92 Å². The van der Waals surface area contributed by atoms with E-state index in [1.165, 1.54) is 103 Å². The van der Waals surface area contributed by atoms with Crippen LogP contribution >= 0.6 is 0 Å². The fraction of sp³-hybridized carbons (Fsp3) is 0.972. The Labute approximate surface area is 268 Å². The highest BCUT2D eigenvalue weighted by atomic mass is 32.3. The van der Waals surface area contributed by atoms with E-state index in [1.54, 1.807) is 0 Å².